The Morgan fingerprint density at radius 3 is 2.88 bits per heavy atom. The predicted octanol–water partition coefficient (Wildman–Crippen LogP) is 2.35. The van der Waals surface area contributed by atoms with Crippen molar-refractivity contribution in [1.82, 2.24) is 14.7 Å². The van der Waals surface area contributed by atoms with Gasteiger partial charge in [-0.2, -0.15) is 18.3 Å². The Kier molecular flexibility index (Phi) is 6.09. The number of carboxylic acids is 1. The molecule has 2 aliphatic rings. The fraction of sp³-hybridized carbons (Fsp3) is 0.600. The van der Waals surface area contributed by atoms with Gasteiger partial charge in [-0.1, -0.05) is 0 Å². The number of ether oxygens (including phenoxy) is 1. The highest BCUT2D eigenvalue weighted by Gasteiger charge is 2.48. The number of aliphatic hydroxyl groups excluding tert-OH is 2. The van der Waals surface area contributed by atoms with Crippen molar-refractivity contribution in [2.24, 2.45) is 0 Å². The summed E-state index contributed by atoms with van der Waals surface area (Å²) in [6.07, 6.45) is -2.84. The summed E-state index contributed by atoms with van der Waals surface area (Å²) in [5, 5.41) is 32.6. The molecule has 1 spiro atoms. The van der Waals surface area contributed by atoms with Gasteiger partial charge in [0.05, 0.1) is 19.3 Å². The van der Waals surface area contributed by atoms with Crippen LogP contribution in [0, 0.1) is 0 Å². The average Bonchev–Trinajstić information content (AvgIpc) is 3.35. The number of hydrogen-bond acceptors (Lipinski definition) is 7. The fourth-order valence-corrected chi connectivity index (χ4v) is 5.71. The SMILES string of the molecule is C[C@H]1C[C@@]2(CCN1Cc1cnn(C[C@@H](O)C(=O)O)c1)OC[C@@H](O)c1cc(C(F)(F)F)sc12. The topological polar surface area (TPSA) is 108 Å². The number of nitrogens with zero attached hydrogens (tertiary/aromatic N) is 3. The average molecular weight is 475 g/mol. The molecule has 0 amide bonds. The maximum Gasteiger partial charge on any atom is 0.425 e. The van der Waals surface area contributed by atoms with Crippen molar-refractivity contribution in [2.45, 2.75) is 62.9 Å². The number of halogens is 3. The molecule has 3 N–H and O–H groups in total. The lowest BCUT2D eigenvalue weighted by Gasteiger charge is -2.47. The molecule has 2 aromatic rings. The lowest BCUT2D eigenvalue weighted by atomic mass is 9.81. The van der Waals surface area contributed by atoms with E-state index in [9.17, 15) is 28.2 Å². The molecule has 4 atom stereocenters. The number of thiophene rings is 1. The van der Waals surface area contributed by atoms with E-state index in [0.29, 0.717) is 47.7 Å². The van der Waals surface area contributed by atoms with Crippen LogP contribution in [0.2, 0.25) is 0 Å². The number of fused-ring (bicyclic) bond motifs is 2. The molecule has 0 aliphatic carbocycles. The second-order valence-corrected chi connectivity index (χ2v) is 9.46. The molecule has 1 saturated heterocycles. The standard InChI is InChI=1S/C20H24F3N3O5S/c1-11-5-19(17-13(15(28)10-31-19)4-16(32-17)20(21,22)23)2-3-25(11)7-12-6-24-26(8-12)9-14(27)18(29)30/h4,6,8,11,14-15,27-28H,2-3,5,7,9-10H2,1H3,(H,29,30)/t11-,14+,15+,19+/m0/s1. The smallest absolute Gasteiger partial charge is 0.425 e. The van der Waals surface area contributed by atoms with Gasteiger partial charge in [-0.3, -0.25) is 9.58 Å². The van der Waals surface area contributed by atoms with Crippen LogP contribution in [-0.2, 0) is 34.4 Å². The van der Waals surface area contributed by atoms with Crippen molar-refractivity contribution in [3.63, 3.8) is 0 Å². The molecule has 0 unspecified atom stereocenters. The van der Waals surface area contributed by atoms with Gasteiger partial charge < -0.3 is 20.1 Å². The molecule has 1 fully saturated rings. The van der Waals surface area contributed by atoms with E-state index in [1.807, 2.05) is 6.92 Å². The number of piperidine rings is 1. The van der Waals surface area contributed by atoms with Gasteiger partial charge in [0, 0.05) is 41.3 Å². The normalized spacial score (nSPS) is 27.4. The number of aliphatic hydroxyl groups is 2. The van der Waals surface area contributed by atoms with Crippen molar-refractivity contribution in [2.75, 3.05) is 13.2 Å². The summed E-state index contributed by atoms with van der Waals surface area (Å²) < 4.78 is 47.2. The molecule has 176 valence electrons. The molecule has 0 radical (unpaired) electrons. The first kappa shape index (κ1) is 23.2. The van der Waals surface area contributed by atoms with Gasteiger partial charge in [0.25, 0.3) is 0 Å². The van der Waals surface area contributed by atoms with E-state index in [1.165, 1.54) is 4.68 Å². The van der Waals surface area contributed by atoms with Gasteiger partial charge in [-0.25, -0.2) is 4.79 Å². The Labute approximate surface area is 185 Å². The first-order valence-corrected chi connectivity index (χ1v) is 11.0. The zero-order chi connectivity index (χ0) is 23.3. The van der Waals surface area contributed by atoms with Crippen LogP contribution in [0.3, 0.4) is 0 Å². The lowest BCUT2D eigenvalue weighted by molar-refractivity contribution is -0.147. The maximum absolute atomic E-state index is 13.3. The second-order valence-electron chi connectivity index (χ2n) is 8.41. The van der Waals surface area contributed by atoms with Crippen LogP contribution in [-0.4, -0.2) is 61.3 Å². The molecule has 0 bridgehead atoms. The monoisotopic (exact) mass is 475 g/mol. The van der Waals surface area contributed by atoms with Gasteiger partial charge in [-0.15, -0.1) is 11.3 Å². The molecular weight excluding hydrogens is 451 g/mol. The third-order valence-electron chi connectivity index (χ3n) is 6.10. The van der Waals surface area contributed by atoms with E-state index >= 15 is 0 Å². The quantitative estimate of drug-likeness (QED) is 0.609. The van der Waals surface area contributed by atoms with Crippen LogP contribution in [0.5, 0.6) is 0 Å². The van der Waals surface area contributed by atoms with Crippen molar-refractivity contribution >= 4 is 17.3 Å². The molecular formula is C20H24F3N3O5S. The van der Waals surface area contributed by atoms with E-state index in [2.05, 4.69) is 10.00 Å². The number of hydrogen-bond donors (Lipinski definition) is 3. The third kappa shape index (κ3) is 4.42. The van der Waals surface area contributed by atoms with Gasteiger partial charge in [0.1, 0.15) is 16.6 Å². The van der Waals surface area contributed by atoms with Gasteiger partial charge in [0.15, 0.2) is 6.10 Å². The summed E-state index contributed by atoms with van der Waals surface area (Å²) in [5.74, 6) is -1.32. The largest absolute Gasteiger partial charge is 0.479 e. The first-order chi connectivity index (χ1) is 15.0. The van der Waals surface area contributed by atoms with Gasteiger partial charge in [0.2, 0.25) is 0 Å². The lowest BCUT2D eigenvalue weighted by Crippen LogP contribution is -2.50. The summed E-state index contributed by atoms with van der Waals surface area (Å²) in [7, 11) is 0. The van der Waals surface area contributed by atoms with Crippen LogP contribution in [0.25, 0.3) is 0 Å². The highest BCUT2D eigenvalue weighted by Crippen LogP contribution is 2.51. The van der Waals surface area contributed by atoms with Crippen LogP contribution >= 0.6 is 11.3 Å². The Bertz CT molecular complexity index is 994. The van der Waals surface area contributed by atoms with E-state index in [4.69, 9.17) is 9.84 Å². The molecule has 4 heterocycles. The van der Waals surface area contributed by atoms with Crippen molar-refractivity contribution in [3.05, 3.63) is 39.3 Å². The Balaban J connectivity index is 1.47. The molecule has 32 heavy (non-hydrogen) atoms. The summed E-state index contributed by atoms with van der Waals surface area (Å²) in [6, 6.07) is 1.03. The van der Waals surface area contributed by atoms with Crippen molar-refractivity contribution in [1.29, 1.82) is 0 Å². The minimum atomic E-state index is -4.47. The second kappa shape index (κ2) is 8.41. The Hall–Kier alpha value is -1.99. The molecule has 0 aromatic carbocycles. The number of carboxylic acid groups (broad SMARTS) is 1. The third-order valence-corrected chi connectivity index (χ3v) is 7.48. The number of aromatic nitrogens is 2. The van der Waals surface area contributed by atoms with E-state index in [0.717, 1.165) is 11.6 Å². The highest BCUT2D eigenvalue weighted by molar-refractivity contribution is 7.12. The first-order valence-electron chi connectivity index (χ1n) is 10.2. The summed E-state index contributed by atoms with van der Waals surface area (Å²) >= 11 is 0.656. The molecule has 2 aromatic heterocycles. The zero-order valence-corrected chi connectivity index (χ0v) is 18.1. The zero-order valence-electron chi connectivity index (χ0n) is 17.2. The van der Waals surface area contributed by atoms with Crippen LogP contribution in [0.15, 0.2) is 18.5 Å². The van der Waals surface area contributed by atoms with Crippen molar-refractivity contribution in [3.8, 4) is 0 Å². The number of alkyl halides is 3. The van der Waals surface area contributed by atoms with E-state index in [1.54, 1.807) is 12.4 Å². The van der Waals surface area contributed by atoms with Gasteiger partial charge >= 0.3 is 12.1 Å². The highest BCUT2D eigenvalue weighted by atomic mass is 32.1. The Morgan fingerprint density at radius 2 is 2.22 bits per heavy atom. The van der Waals surface area contributed by atoms with E-state index in [-0.39, 0.29) is 19.2 Å². The summed E-state index contributed by atoms with van der Waals surface area (Å²) in [5.41, 5.74) is 0.295. The van der Waals surface area contributed by atoms with Crippen LogP contribution in [0.1, 0.15) is 46.8 Å². The minimum Gasteiger partial charge on any atom is -0.479 e. The number of likely N-dealkylation sites (tertiary alicyclic amines) is 1. The maximum atomic E-state index is 13.3. The number of rotatable bonds is 5. The molecule has 4 rings (SSSR count). The number of carbonyl (C=O) groups is 1. The molecule has 2 aliphatic heterocycles. The molecule has 0 saturated carbocycles. The van der Waals surface area contributed by atoms with Crippen molar-refractivity contribution < 1.29 is 38.0 Å². The van der Waals surface area contributed by atoms with E-state index < -0.39 is 34.8 Å². The van der Waals surface area contributed by atoms with Crippen LogP contribution in [0.4, 0.5) is 13.2 Å². The van der Waals surface area contributed by atoms with Crippen LogP contribution < -0.4 is 0 Å². The summed E-state index contributed by atoms with van der Waals surface area (Å²) in [6.45, 7) is 2.87. The molecule has 12 heteroatoms. The predicted molar refractivity (Wildman–Crippen MR) is 107 cm³/mol. The molecule has 8 nitrogen and oxygen atoms in total. The minimum absolute atomic E-state index is 0.0174. The summed E-state index contributed by atoms with van der Waals surface area (Å²) in [4.78, 5) is 12.7. The Morgan fingerprint density at radius 1 is 1.47 bits per heavy atom. The fourth-order valence-electron chi connectivity index (χ4n) is 4.45. The van der Waals surface area contributed by atoms with Gasteiger partial charge in [-0.05, 0) is 25.8 Å². The number of aliphatic carboxylic acids is 1.